The molecule has 2 heterocycles. The summed E-state index contributed by atoms with van der Waals surface area (Å²) in [6.07, 6.45) is 12.0. The highest BCUT2D eigenvalue weighted by Gasteiger charge is 2.30. The van der Waals surface area contributed by atoms with Crippen molar-refractivity contribution >= 4 is 5.91 Å². The molecule has 1 atom stereocenters. The fourth-order valence-corrected chi connectivity index (χ4v) is 3.54. The Bertz CT molecular complexity index is 589. The van der Waals surface area contributed by atoms with Crippen LogP contribution in [0.25, 0.3) is 0 Å². The van der Waals surface area contributed by atoms with Crippen LogP contribution >= 0.6 is 0 Å². The molecule has 0 saturated heterocycles. The van der Waals surface area contributed by atoms with Gasteiger partial charge in [0, 0.05) is 25.4 Å². The van der Waals surface area contributed by atoms with Crippen LogP contribution in [0.3, 0.4) is 0 Å². The number of rotatable bonds is 6. The largest absolute Gasteiger partial charge is 0.469 e. The van der Waals surface area contributed by atoms with E-state index in [1.165, 1.54) is 19.3 Å². The SMILES string of the molecule is O=C(NCCc1ccco1)[C@@H](c1cccnc1)C1CCCCC1. The molecular formula is C19H24N2O2. The predicted molar refractivity (Wildman–Crippen MR) is 89.0 cm³/mol. The number of furan rings is 1. The molecule has 4 nitrogen and oxygen atoms in total. The zero-order valence-corrected chi connectivity index (χ0v) is 13.4. The molecule has 1 fully saturated rings. The molecule has 0 aliphatic heterocycles. The maximum Gasteiger partial charge on any atom is 0.227 e. The molecule has 23 heavy (non-hydrogen) atoms. The molecule has 1 aliphatic rings. The fourth-order valence-electron chi connectivity index (χ4n) is 3.54. The van der Waals surface area contributed by atoms with E-state index in [0.29, 0.717) is 12.5 Å². The molecule has 122 valence electrons. The van der Waals surface area contributed by atoms with Crippen molar-refractivity contribution in [2.45, 2.75) is 44.4 Å². The van der Waals surface area contributed by atoms with Crippen LogP contribution < -0.4 is 5.32 Å². The summed E-state index contributed by atoms with van der Waals surface area (Å²) < 4.78 is 5.32. The number of aromatic nitrogens is 1. The van der Waals surface area contributed by atoms with Gasteiger partial charge in [-0.05, 0) is 42.5 Å². The van der Waals surface area contributed by atoms with Crippen LogP contribution in [0.2, 0.25) is 0 Å². The van der Waals surface area contributed by atoms with Crippen LogP contribution in [0.5, 0.6) is 0 Å². The van der Waals surface area contributed by atoms with Crippen molar-refractivity contribution in [2.75, 3.05) is 6.54 Å². The minimum absolute atomic E-state index is 0.0828. The summed E-state index contributed by atoms with van der Waals surface area (Å²) in [5, 5.41) is 3.09. The minimum Gasteiger partial charge on any atom is -0.469 e. The smallest absolute Gasteiger partial charge is 0.227 e. The topological polar surface area (TPSA) is 55.1 Å². The Balaban J connectivity index is 1.65. The monoisotopic (exact) mass is 312 g/mol. The van der Waals surface area contributed by atoms with Crippen molar-refractivity contribution in [1.29, 1.82) is 0 Å². The van der Waals surface area contributed by atoms with Gasteiger partial charge in [0.2, 0.25) is 5.91 Å². The van der Waals surface area contributed by atoms with E-state index in [2.05, 4.69) is 10.3 Å². The Morgan fingerprint density at radius 3 is 2.83 bits per heavy atom. The van der Waals surface area contributed by atoms with E-state index in [-0.39, 0.29) is 11.8 Å². The Kier molecular flexibility index (Phi) is 5.46. The lowest BCUT2D eigenvalue weighted by atomic mass is 9.76. The lowest BCUT2D eigenvalue weighted by Gasteiger charge is -2.29. The van der Waals surface area contributed by atoms with Crippen molar-refractivity contribution in [3.63, 3.8) is 0 Å². The normalized spacial score (nSPS) is 16.9. The summed E-state index contributed by atoms with van der Waals surface area (Å²) in [5.41, 5.74) is 1.04. The second-order valence-corrected chi connectivity index (χ2v) is 6.28. The summed E-state index contributed by atoms with van der Waals surface area (Å²) in [6.45, 7) is 0.607. The Labute approximate surface area is 137 Å². The molecule has 2 aromatic heterocycles. The van der Waals surface area contributed by atoms with E-state index in [4.69, 9.17) is 4.42 Å². The lowest BCUT2D eigenvalue weighted by Crippen LogP contribution is -2.35. The fraction of sp³-hybridized carbons (Fsp3) is 0.474. The van der Waals surface area contributed by atoms with Gasteiger partial charge in [-0.15, -0.1) is 0 Å². The Morgan fingerprint density at radius 2 is 2.13 bits per heavy atom. The number of carbonyl (C=O) groups is 1. The van der Waals surface area contributed by atoms with Crippen LogP contribution in [0.4, 0.5) is 0 Å². The Morgan fingerprint density at radius 1 is 1.26 bits per heavy atom. The van der Waals surface area contributed by atoms with Crippen LogP contribution in [-0.4, -0.2) is 17.4 Å². The van der Waals surface area contributed by atoms with Crippen molar-refractivity contribution < 1.29 is 9.21 Å². The van der Waals surface area contributed by atoms with E-state index in [1.807, 2.05) is 30.5 Å². The number of nitrogens with one attached hydrogen (secondary N) is 1. The first kappa shape index (κ1) is 15.8. The highest BCUT2D eigenvalue weighted by molar-refractivity contribution is 5.83. The molecule has 1 amide bonds. The highest BCUT2D eigenvalue weighted by atomic mass is 16.3. The second kappa shape index (κ2) is 7.95. The number of nitrogens with zero attached hydrogens (tertiary/aromatic N) is 1. The number of pyridine rings is 1. The van der Waals surface area contributed by atoms with Crippen molar-refractivity contribution in [2.24, 2.45) is 5.92 Å². The van der Waals surface area contributed by atoms with Gasteiger partial charge in [-0.3, -0.25) is 9.78 Å². The predicted octanol–water partition coefficient (Wildman–Crippen LogP) is 3.70. The Hall–Kier alpha value is -2.10. The van der Waals surface area contributed by atoms with Gasteiger partial charge in [0.15, 0.2) is 0 Å². The molecule has 2 aromatic rings. The molecule has 0 aromatic carbocycles. The van der Waals surface area contributed by atoms with Gasteiger partial charge >= 0.3 is 0 Å². The third-order valence-corrected chi connectivity index (χ3v) is 4.70. The molecule has 0 bridgehead atoms. The number of hydrogen-bond donors (Lipinski definition) is 1. The van der Waals surface area contributed by atoms with E-state index < -0.39 is 0 Å². The average molecular weight is 312 g/mol. The number of carbonyl (C=O) groups excluding carboxylic acids is 1. The zero-order chi connectivity index (χ0) is 15.9. The molecule has 4 heteroatoms. The van der Waals surface area contributed by atoms with Crippen LogP contribution in [0, 0.1) is 5.92 Å². The number of amides is 1. The molecule has 0 spiro atoms. The van der Waals surface area contributed by atoms with Gasteiger partial charge in [0.1, 0.15) is 5.76 Å². The average Bonchev–Trinajstić information content (AvgIpc) is 3.10. The summed E-state index contributed by atoms with van der Waals surface area (Å²) in [6, 6.07) is 7.75. The van der Waals surface area contributed by atoms with Gasteiger partial charge < -0.3 is 9.73 Å². The van der Waals surface area contributed by atoms with Crippen molar-refractivity contribution in [1.82, 2.24) is 10.3 Å². The molecule has 3 rings (SSSR count). The van der Waals surface area contributed by atoms with Crippen molar-refractivity contribution in [3.05, 3.63) is 54.2 Å². The third-order valence-electron chi connectivity index (χ3n) is 4.70. The summed E-state index contributed by atoms with van der Waals surface area (Å²) in [5.74, 6) is 1.37. The first-order valence-corrected chi connectivity index (χ1v) is 8.54. The summed E-state index contributed by atoms with van der Waals surface area (Å²) in [7, 11) is 0. The van der Waals surface area contributed by atoms with E-state index in [0.717, 1.165) is 30.6 Å². The van der Waals surface area contributed by atoms with Gasteiger partial charge in [-0.25, -0.2) is 0 Å². The molecule has 0 unspecified atom stereocenters. The summed E-state index contributed by atoms with van der Waals surface area (Å²) >= 11 is 0. The molecule has 1 saturated carbocycles. The lowest BCUT2D eigenvalue weighted by molar-refractivity contribution is -0.124. The molecule has 0 radical (unpaired) electrons. The maximum atomic E-state index is 12.8. The third kappa shape index (κ3) is 4.21. The van der Waals surface area contributed by atoms with Gasteiger partial charge in [0.25, 0.3) is 0 Å². The van der Waals surface area contributed by atoms with E-state index in [1.54, 1.807) is 12.5 Å². The molecule has 1 aliphatic carbocycles. The minimum atomic E-state index is -0.0828. The quantitative estimate of drug-likeness (QED) is 0.885. The first-order valence-electron chi connectivity index (χ1n) is 8.54. The van der Waals surface area contributed by atoms with Gasteiger partial charge in [0.05, 0.1) is 12.2 Å². The van der Waals surface area contributed by atoms with Crippen molar-refractivity contribution in [3.8, 4) is 0 Å². The highest BCUT2D eigenvalue weighted by Crippen LogP contribution is 2.36. The van der Waals surface area contributed by atoms with E-state index >= 15 is 0 Å². The first-order chi connectivity index (χ1) is 11.3. The standard InChI is InChI=1S/C19H24N2O2/c22-19(21-12-10-17-9-5-13-23-17)18(15-6-2-1-3-7-15)16-8-4-11-20-14-16/h4-5,8-9,11,13-15,18H,1-3,6-7,10,12H2,(H,21,22)/t18-/m1/s1. The van der Waals surface area contributed by atoms with Gasteiger partial charge in [-0.1, -0.05) is 25.3 Å². The van der Waals surface area contributed by atoms with E-state index in [9.17, 15) is 4.79 Å². The molecular weight excluding hydrogens is 288 g/mol. The summed E-state index contributed by atoms with van der Waals surface area (Å²) in [4.78, 5) is 17.0. The maximum absolute atomic E-state index is 12.8. The van der Waals surface area contributed by atoms with Gasteiger partial charge in [-0.2, -0.15) is 0 Å². The molecule has 1 N–H and O–H groups in total. The van der Waals surface area contributed by atoms with Crippen LogP contribution in [0.1, 0.15) is 49.3 Å². The zero-order valence-electron chi connectivity index (χ0n) is 13.4. The second-order valence-electron chi connectivity index (χ2n) is 6.28. The van der Waals surface area contributed by atoms with Crippen LogP contribution in [0.15, 0.2) is 47.3 Å². The number of hydrogen-bond acceptors (Lipinski definition) is 3. The van der Waals surface area contributed by atoms with Crippen LogP contribution in [-0.2, 0) is 11.2 Å².